The fraction of sp³-hybridized carbons (Fsp3) is 0.0625. The number of carbonyl (C=O) groups excluding carboxylic acids is 1. The van der Waals surface area contributed by atoms with Gasteiger partial charge in [0.2, 0.25) is 0 Å². The number of benzene rings is 2. The number of carbonyl (C=O) groups is 1. The molecule has 0 aliphatic carbocycles. The second-order valence-electron chi connectivity index (χ2n) is 4.33. The Hall–Kier alpha value is -2.66. The molecule has 21 heavy (non-hydrogen) atoms. The van der Waals surface area contributed by atoms with Crippen molar-refractivity contribution >= 4 is 12.0 Å². The summed E-state index contributed by atoms with van der Waals surface area (Å²) in [5.74, 6) is 4.99. The molecule has 108 valence electrons. The van der Waals surface area contributed by atoms with E-state index in [2.05, 4.69) is 0 Å². The van der Waals surface area contributed by atoms with E-state index < -0.39 is 0 Å². The zero-order chi connectivity index (χ0) is 15.1. The SMILES string of the molecule is NNC(=O)/C=C/c1cccc(OCc2ccc(F)cc2)c1. The summed E-state index contributed by atoms with van der Waals surface area (Å²) in [4.78, 5) is 11.0. The quantitative estimate of drug-likeness (QED) is 0.384. The minimum atomic E-state index is -0.382. The molecule has 0 aromatic heterocycles. The third-order valence-corrected chi connectivity index (χ3v) is 2.75. The Labute approximate surface area is 122 Å². The van der Waals surface area contributed by atoms with Crippen LogP contribution in [0.25, 0.3) is 6.08 Å². The summed E-state index contributed by atoms with van der Waals surface area (Å²) < 4.78 is 18.4. The molecule has 5 heteroatoms. The maximum absolute atomic E-state index is 12.8. The Morgan fingerprint density at radius 2 is 2.00 bits per heavy atom. The van der Waals surface area contributed by atoms with E-state index in [1.807, 2.05) is 23.6 Å². The topological polar surface area (TPSA) is 64.3 Å². The lowest BCUT2D eigenvalue weighted by Gasteiger charge is -2.07. The molecule has 0 aliphatic rings. The van der Waals surface area contributed by atoms with E-state index in [-0.39, 0.29) is 11.7 Å². The van der Waals surface area contributed by atoms with Crippen LogP contribution in [0.15, 0.2) is 54.6 Å². The second-order valence-corrected chi connectivity index (χ2v) is 4.33. The fourth-order valence-corrected chi connectivity index (χ4v) is 1.68. The number of amides is 1. The third kappa shape index (κ3) is 4.74. The Morgan fingerprint density at radius 1 is 1.24 bits per heavy atom. The Bertz CT molecular complexity index is 639. The van der Waals surface area contributed by atoms with E-state index in [9.17, 15) is 9.18 Å². The van der Waals surface area contributed by atoms with E-state index >= 15 is 0 Å². The Balaban J connectivity index is 1.99. The van der Waals surface area contributed by atoms with Gasteiger partial charge >= 0.3 is 0 Å². The van der Waals surface area contributed by atoms with E-state index in [4.69, 9.17) is 10.6 Å². The van der Waals surface area contributed by atoms with Crippen LogP contribution in [0.1, 0.15) is 11.1 Å². The molecule has 0 atom stereocenters. The molecule has 1 amide bonds. The first-order valence-electron chi connectivity index (χ1n) is 6.33. The molecule has 0 fully saturated rings. The van der Waals surface area contributed by atoms with Gasteiger partial charge in [0, 0.05) is 6.08 Å². The number of halogens is 1. The molecule has 2 aromatic rings. The minimum Gasteiger partial charge on any atom is -0.489 e. The first kappa shape index (κ1) is 14.7. The van der Waals surface area contributed by atoms with Crippen LogP contribution in [0.3, 0.4) is 0 Å². The lowest BCUT2D eigenvalue weighted by atomic mass is 10.2. The van der Waals surface area contributed by atoms with Gasteiger partial charge in [-0.25, -0.2) is 10.2 Å². The largest absolute Gasteiger partial charge is 0.489 e. The average molecular weight is 286 g/mol. The number of nitrogens with one attached hydrogen (secondary N) is 1. The van der Waals surface area contributed by atoms with Crippen molar-refractivity contribution in [2.45, 2.75) is 6.61 Å². The molecule has 0 bridgehead atoms. The van der Waals surface area contributed by atoms with Crippen LogP contribution in [0, 0.1) is 5.82 Å². The highest BCUT2D eigenvalue weighted by atomic mass is 19.1. The van der Waals surface area contributed by atoms with E-state index in [0.717, 1.165) is 11.1 Å². The summed E-state index contributed by atoms with van der Waals surface area (Å²) in [6.45, 7) is 0.344. The maximum Gasteiger partial charge on any atom is 0.257 e. The average Bonchev–Trinajstić information content (AvgIpc) is 2.52. The van der Waals surface area contributed by atoms with Crippen molar-refractivity contribution in [2.75, 3.05) is 0 Å². The summed E-state index contributed by atoms with van der Waals surface area (Å²) in [6, 6.07) is 13.4. The summed E-state index contributed by atoms with van der Waals surface area (Å²) in [5, 5.41) is 0. The molecular formula is C16H15FN2O2. The zero-order valence-electron chi connectivity index (χ0n) is 11.3. The zero-order valence-corrected chi connectivity index (χ0v) is 11.3. The van der Waals surface area contributed by atoms with Crippen LogP contribution >= 0.6 is 0 Å². The van der Waals surface area contributed by atoms with Crippen LogP contribution in [0.2, 0.25) is 0 Å². The highest BCUT2D eigenvalue weighted by Gasteiger charge is 1.98. The molecule has 3 N–H and O–H groups in total. The van der Waals surface area contributed by atoms with Gasteiger partial charge in [0.05, 0.1) is 0 Å². The summed E-state index contributed by atoms with van der Waals surface area (Å²) in [5.41, 5.74) is 3.70. The molecule has 2 rings (SSSR count). The summed E-state index contributed by atoms with van der Waals surface area (Å²) in [7, 11) is 0. The molecule has 0 radical (unpaired) electrons. The smallest absolute Gasteiger partial charge is 0.257 e. The lowest BCUT2D eigenvalue weighted by molar-refractivity contribution is -0.116. The molecule has 4 nitrogen and oxygen atoms in total. The number of rotatable bonds is 5. The van der Waals surface area contributed by atoms with Gasteiger partial charge in [0.25, 0.3) is 5.91 Å². The van der Waals surface area contributed by atoms with Crippen molar-refractivity contribution in [3.8, 4) is 5.75 Å². The Kier molecular flexibility index (Phi) is 5.06. The number of hydrogen-bond acceptors (Lipinski definition) is 3. The monoisotopic (exact) mass is 286 g/mol. The highest BCUT2D eigenvalue weighted by Crippen LogP contribution is 2.16. The first-order valence-corrected chi connectivity index (χ1v) is 6.33. The van der Waals surface area contributed by atoms with Crippen molar-refractivity contribution in [1.29, 1.82) is 0 Å². The van der Waals surface area contributed by atoms with Gasteiger partial charge in [-0.1, -0.05) is 24.3 Å². The van der Waals surface area contributed by atoms with E-state index in [1.54, 1.807) is 24.3 Å². The van der Waals surface area contributed by atoms with Crippen LogP contribution in [0.5, 0.6) is 5.75 Å². The lowest BCUT2D eigenvalue weighted by Crippen LogP contribution is -2.27. The van der Waals surface area contributed by atoms with Crippen molar-refractivity contribution in [1.82, 2.24) is 5.43 Å². The molecule has 0 unspecified atom stereocenters. The standard InChI is InChI=1S/C16H15FN2O2/c17-14-7-4-13(5-8-14)11-21-15-3-1-2-12(10-15)6-9-16(20)19-18/h1-10H,11,18H2,(H,19,20)/b9-6+. The minimum absolute atomic E-state index is 0.274. The molecule has 0 spiro atoms. The second kappa shape index (κ2) is 7.21. The molecule has 2 aromatic carbocycles. The van der Waals surface area contributed by atoms with Crippen LogP contribution in [-0.4, -0.2) is 5.91 Å². The molecule has 0 saturated heterocycles. The van der Waals surface area contributed by atoms with Gasteiger partial charge in [0.15, 0.2) is 0 Å². The van der Waals surface area contributed by atoms with Crippen LogP contribution in [0.4, 0.5) is 4.39 Å². The van der Waals surface area contributed by atoms with E-state index in [1.165, 1.54) is 18.2 Å². The highest BCUT2D eigenvalue weighted by molar-refractivity contribution is 5.91. The molecule has 0 aliphatic heterocycles. The molecule has 0 heterocycles. The third-order valence-electron chi connectivity index (χ3n) is 2.75. The predicted molar refractivity (Wildman–Crippen MR) is 78.5 cm³/mol. The molecular weight excluding hydrogens is 271 g/mol. The summed E-state index contributed by atoms with van der Waals surface area (Å²) >= 11 is 0. The number of ether oxygens (including phenoxy) is 1. The van der Waals surface area contributed by atoms with Crippen molar-refractivity contribution in [3.05, 3.63) is 71.6 Å². The normalized spacial score (nSPS) is 10.6. The van der Waals surface area contributed by atoms with Gasteiger partial charge in [-0.15, -0.1) is 0 Å². The Morgan fingerprint density at radius 3 is 2.71 bits per heavy atom. The maximum atomic E-state index is 12.8. The first-order chi connectivity index (χ1) is 10.2. The van der Waals surface area contributed by atoms with Crippen LogP contribution < -0.4 is 16.0 Å². The van der Waals surface area contributed by atoms with Crippen molar-refractivity contribution < 1.29 is 13.9 Å². The van der Waals surface area contributed by atoms with Crippen molar-refractivity contribution in [2.24, 2.45) is 5.84 Å². The van der Waals surface area contributed by atoms with Gasteiger partial charge in [0.1, 0.15) is 18.2 Å². The number of nitrogens with two attached hydrogens (primary N) is 1. The predicted octanol–water partition coefficient (Wildman–Crippen LogP) is 2.41. The molecule has 0 saturated carbocycles. The number of hydrogen-bond donors (Lipinski definition) is 2. The van der Waals surface area contributed by atoms with Crippen LogP contribution in [-0.2, 0) is 11.4 Å². The van der Waals surface area contributed by atoms with Gasteiger partial charge < -0.3 is 4.74 Å². The van der Waals surface area contributed by atoms with Gasteiger partial charge in [-0.3, -0.25) is 10.2 Å². The fourth-order valence-electron chi connectivity index (χ4n) is 1.68. The number of hydrazine groups is 1. The summed E-state index contributed by atoms with van der Waals surface area (Å²) in [6.07, 6.45) is 2.96. The van der Waals surface area contributed by atoms with Crippen molar-refractivity contribution in [3.63, 3.8) is 0 Å². The van der Waals surface area contributed by atoms with E-state index in [0.29, 0.717) is 12.4 Å². The van der Waals surface area contributed by atoms with Gasteiger partial charge in [-0.2, -0.15) is 0 Å². The van der Waals surface area contributed by atoms with Gasteiger partial charge in [-0.05, 0) is 41.5 Å².